The Hall–Kier alpha value is -1.60. The van der Waals surface area contributed by atoms with Crippen LogP contribution in [0, 0.1) is 0 Å². The molecule has 4 N–H and O–H groups in total. The first-order valence-electron chi connectivity index (χ1n) is 10.2. The van der Waals surface area contributed by atoms with E-state index in [0.717, 1.165) is 37.1 Å². The number of nitrogens with one attached hydrogen (secondary N) is 2. The van der Waals surface area contributed by atoms with Gasteiger partial charge in [-0.1, -0.05) is 19.4 Å². The van der Waals surface area contributed by atoms with E-state index in [2.05, 4.69) is 50.2 Å². The van der Waals surface area contributed by atoms with Crippen molar-refractivity contribution in [3.8, 4) is 0 Å². The number of hydrogen-bond donors (Lipinski definition) is 3. The molecule has 1 fully saturated rings. The third-order valence-corrected chi connectivity index (χ3v) is 6.25. The average molecular weight is 409 g/mol. The van der Waals surface area contributed by atoms with E-state index in [1.54, 1.807) is 0 Å². The van der Waals surface area contributed by atoms with Gasteiger partial charge < -0.3 is 21.3 Å². The van der Waals surface area contributed by atoms with E-state index >= 15 is 0 Å². The van der Waals surface area contributed by atoms with E-state index in [1.165, 1.54) is 11.3 Å². The molecule has 0 bridgehead atoms. The van der Waals surface area contributed by atoms with Gasteiger partial charge in [0.1, 0.15) is 0 Å². The molecule has 1 aliphatic heterocycles. The van der Waals surface area contributed by atoms with Gasteiger partial charge in [0.15, 0.2) is 0 Å². The highest BCUT2D eigenvalue weighted by Gasteiger charge is 2.41. The van der Waals surface area contributed by atoms with Gasteiger partial charge in [0.2, 0.25) is 5.91 Å². The molecule has 0 radical (unpaired) electrons. The molecule has 2 rings (SSSR count). The molecule has 28 heavy (non-hydrogen) atoms. The van der Waals surface area contributed by atoms with Crippen LogP contribution in [0.5, 0.6) is 0 Å². The average Bonchev–Trinajstić information content (AvgIpc) is 3.05. The van der Waals surface area contributed by atoms with Crippen LogP contribution in [0.3, 0.4) is 0 Å². The highest BCUT2D eigenvalue weighted by Crippen LogP contribution is 2.33. The molecule has 1 aromatic rings. The number of carbonyl (C=O) groups is 2. The van der Waals surface area contributed by atoms with Crippen molar-refractivity contribution in [1.29, 1.82) is 0 Å². The number of rotatable bonds is 8. The summed E-state index contributed by atoms with van der Waals surface area (Å²) in [6.45, 7) is 11.7. The van der Waals surface area contributed by atoms with Gasteiger partial charge in [-0.05, 0) is 58.4 Å². The minimum atomic E-state index is -0.601. The minimum Gasteiger partial charge on any atom is -0.352 e. The standard InChI is InChI=1S/C21H36N4O2S/c1-6-7-10-25(15-13-20(2,3)24-21(4,5)14-15)18(26)12-16(23-19(22)27)17-9-8-11-28-17/h8-9,11,15-16,24H,6-7,10,12-14H2,1-5H3,(H3,22,23,27). The van der Waals surface area contributed by atoms with Crippen molar-refractivity contribution in [2.75, 3.05) is 6.54 Å². The third kappa shape index (κ3) is 6.48. The summed E-state index contributed by atoms with van der Waals surface area (Å²) in [5.74, 6) is 0.0825. The lowest BCUT2D eigenvalue weighted by molar-refractivity contribution is -0.136. The van der Waals surface area contributed by atoms with Crippen LogP contribution in [-0.4, -0.2) is 40.5 Å². The molecule has 0 aliphatic carbocycles. The number of piperidine rings is 1. The Kier molecular flexibility index (Phi) is 7.51. The molecule has 158 valence electrons. The number of urea groups is 1. The number of carbonyl (C=O) groups excluding carboxylic acids is 2. The molecule has 6 nitrogen and oxygen atoms in total. The first kappa shape index (κ1) is 22.7. The summed E-state index contributed by atoms with van der Waals surface area (Å²) in [5.41, 5.74) is 5.30. The Labute approximate surface area is 173 Å². The summed E-state index contributed by atoms with van der Waals surface area (Å²) >= 11 is 1.53. The normalized spacial score (nSPS) is 19.8. The largest absolute Gasteiger partial charge is 0.352 e. The zero-order chi connectivity index (χ0) is 20.9. The van der Waals surface area contributed by atoms with E-state index in [9.17, 15) is 9.59 Å². The first-order chi connectivity index (χ1) is 13.0. The van der Waals surface area contributed by atoms with Gasteiger partial charge in [0.25, 0.3) is 0 Å². The fourth-order valence-corrected chi connectivity index (χ4v) is 5.28. The Morgan fingerprint density at radius 1 is 1.32 bits per heavy atom. The van der Waals surface area contributed by atoms with Gasteiger partial charge in [-0.25, -0.2) is 4.79 Å². The zero-order valence-electron chi connectivity index (χ0n) is 17.9. The molecule has 1 unspecified atom stereocenters. The number of nitrogens with two attached hydrogens (primary N) is 1. The molecule has 7 heteroatoms. The molecule has 1 atom stereocenters. The van der Waals surface area contributed by atoms with Gasteiger partial charge in [-0.3, -0.25) is 4.79 Å². The quantitative estimate of drug-likeness (QED) is 0.611. The highest BCUT2D eigenvalue weighted by atomic mass is 32.1. The van der Waals surface area contributed by atoms with Gasteiger partial charge in [-0.15, -0.1) is 11.3 Å². The maximum Gasteiger partial charge on any atom is 0.312 e. The monoisotopic (exact) mass is 408 g/mol. The number of thiophene rings is 1. The Bertz CT molecular complexity index is 641. The summed E-state index contributed by atoms with van der Waals surface area (Å²) in [5, 5.41) is 8.39. The molecule has 2 heterocycles. The van der Waals surface area contributed by atoms with Crippen molar-refractivity contribution in [3.05, 3.63) is 22.4 Å². The SMILES string of the molecule is CCCCN(C(=O)CC(NC(N)=O)c1cccs1)C1CC(C)(C)NC(C)(C)C1. The van der Waals surface area contributed by atoms with E-state index in [-0.39, 0.29) is 35.5 Å². The maximum atomic E-state index is 13.4. The molecule has 1 saturated heterocycles. The van der Waals surface area contributed by atoms with Crippen molar-refractivity contribution in [2.45, 2.75) is 89.9 Å². The lowest BCUT2D eigenvalue weighted by atomic mass is 9.78. The van der Waals surface area contributed by atoms with E-state index in [0.29, 0.717) is 0 Å². The second-order valence-corrected chi connectivity index (χ2v) is 10.2. The maximum absolute atomic E-state index is 13.4. The predicted octanol–water partition coefficient (Wildman–Crippen LogP) is 3.79. The Balaban J connectivity index is 2.20. The number of unbranched alkanes of at least 4 members (excludes halogenated alkanes) is 1. The van der Waals surface area contributed by atoms with Crippen LogP contribution >= 0.6 is 11.3 Å². The van der Waals surface area contributed by atoms with E-state index in [4.69, 9.17) is 5.73 Å². The van der Waals surface area contributed by atoms with Crippen molar-refractivity contribution >= 4 is 23.3 Å². The summed E-state index contributed by atoms with van der Waals surface area (Å²) in [7, 11) is 0. The number of nitrogens with zero attached hydrogens (tertiary/aromatic N) is 1. The molecule has 0 saturated carbocycles. The highest BCUT2D eigenvalue weighted by molar-refractivity contribution is 7.10. The Morgan fingerprint density at radius 2 is 1.96 bits per heavy atom. The van der Waals surface area contributed by atoms with Crippen LogP contribution in [0.25, 0.3) is 0 Å². The Morgan fingerprint density at radius 3 is 2.46 bits per heavy atom. The number of primary amides is 1. The van der Waals surface area contributed by atoms with Crippen LogP contribution in [0.15, 0.2) is 17.5 Å². The second-order valence-electron chi connectivity index (χ2n) is 9.18. The summed E-state index contributed by atoms with van der Waals surface area (Å²) in [6.07, 6.45) is 4.08. The van der Waals surface area contributed by atoms with Crippen molar-refractivity contribution in [2.24, 2.45) is 5.73 Å². The zero-order valence-corrected chi connectivity index (χ0v) is 18.7. The van der Waals surface area contributed by atoms with Crippen LogP contribution in [0.4, 0.5) is 4.79 Å². The van der Waals surface area contributed by atoms with Crippen LogP contribution in [-0.2, 0) is 4.79 Å². The molecule has 0 aromatic carbocycles. The fourth-order valence-electron chi connectivity index (χ4n) is 4.50. The van der Waals surface area contributed by atoms with Gasteiger partial charge in [0.05, 0.1) is 12.5 Å². The molecule has 3 amide bonds. The van der Waals surface area contributed by atoms with Crippen molar-refractivity contribution in [3.63, 3.8) is 0 Å². The second kappa shape index (κ2) is 9.27. The third-order valence-electron chi connectivity index (χ3n) is 5.26. The summed E-state index contributed by atoms with van der Waals surface area (Å²) in [4.78, 5) is 27.9. The molecule has 1 aromatic heterocycles. The summed E-state index contributed by atoms with van der Waals surface area (Å²) in [6, 6.07) is 3.06. The van der Waals surface area contributed by atoms with Crippen molar-refractivity contribution in [1.82, 2.24) is 15.5 Å². The fraction of sp³-hybridized carbons (Fsp3) is 0.714. The lowest BCUT2D eigenvalue weighted by Gasteiger charge is -2.49. The topological polar surface area (TPSA) is 87.5 Å². The lowest BCUT2D eigenvalue weighted by Crippen LogP contribution is -2.63. The van der Waals surface area contributed by atoms with E-state index in [1.807, 2.05) is 17.5 Å². The predicted molar refractivity (Wildman–Crippen MR) is 115 cm³/mol. The number of amides is 3. The van der Waals surface area contributed by atoms with Gasteiger partial charge >= 0.3 is 6.03 Å². The van der Waals surface area contributed by atoms with Crippen LogP contribution in [0.1, 0.15) is 77.6 Å². The number of hydrogen-bond acceptors (Lipinski definition) is 4. The summed E-state index contributed by atoms with van der Waals surface area (Å²) < 4.78 is 0. The minimum absolute atomic E-state index is 0.0320. The molecular weight excluding hydrogens is 372 g/mol. The van der Waals surface area contributed by atoms with E-state index < -0.39 is 6.03 Å². The van der Waals surface area contributed by atoms with Gasteiger partial charge in [0, 0.05) is 28.5 Å². The molecule has 1 aliphatic rings. The van der Waals surface area contributed by atoms with Crippen LogP contribution in [0.2, 0.25) is 0 Å². The van der Waals surface area contributed by atoms with Gasteiger partial charge in [-0.2, -0.15) is 0 Å². The van der Waals surface area contributed by atoms with Crippen molar-refractivity contribution < 1.29 is 9.59 Å². The first-order valence-corrected chi connectivity index (χ1v) is 11.1. The molecule has 0 spiro atoms. The van der Waals surface area contributed by atoms with Crippen LogP contribution < -0.4 is 16.4 Å². The smallest absolute Gasteiger partial charge is 0.312 e. The molecular formula is C21H36N4O2S.